The second kappa shape index (κ2) is 3.39. The van der Waals surface area contributed by atoms with Gasteiger partial charge in [0, 0.05) is 11.3 Å². The Hall–Kier alpha value is -1.31. The minimum absolute atomic E-state index is 0.280. The lowest BCUT2D eigenvalue weighted by atomic mass is 10.1. The van der Waals surface area contributed by atoms with Gasteiger partial charge in [0.1, 0.15) is 5.82 Å². The number of benzene rings is 1. The average molecular weight is 165 g/mol. The summed E-state index contributed by atoms with van der Waals surface area (Å²) in [5.41, 5.74) is 7.16. The van der Waals surface area contributed by atoms with Crippen LogP contribution < -0.4 is 5.73 Å². The van der Waals surface area contributed by atoms with Crippen LogP contribution in [-0.2, 0) is 6.42 Å². The maximum absolute atomic E-state index is 13.0. The van der Waals surface area contributed by atoms with Crippen LogP contribution in [0.2, 0.25) is 0 Å². The third kappa shape index (κ3) is 1.64. The van der Waals surface area contributed by atoms with Crippen LogP contribution >= 0.6 is 0 Å². The topological polar surface area (TPSA) is 26.0 Å². The normalized spacial score (nSPS) is 9.83. The Kier molecular flexibility index (Phi) is 2.48. The van der Waals surface area contributed by atoms with Gasteiger partial charge in [0.25, 0.3) is 0 Å². The molecule has 1 nitrogen and oxygen atoms in total. The van der Waals surface area contributed by atoms with Gasteiger partial charge in [-0.25, -0.2) is 4.39 Å². The first-order valence-electron chi connectivity index (χ1n) is 3.88. The third-order valence-electron chi connectivity index (χ3n) is 1.78. The van der Waals surface area contributed by atoms with Crippen LogP contribution in [0.1, 0.15) is 18.1 Å². The molecule has 1 rings (SSSR count). The van der Waals surface area contributed by atoms with E-state index >= 15 is 0 Å². The van der Waals surface area contributed by atoms with Gasteiger partial charge >= 0.3 is 0 Å². The lowest BCUT2D eigenvalue weighted by Crippen LogP contribution is -1.98. The predicted molar refractivity (Wildman–Crippen MR) is 49.0 cm³/mol. The number of nitrogens with two attached hydrogens (primary N) is 1. The molecule has 0 aliphatic heterocycles. The summed E-state index contributed by atoms with van der Waals surface area (Å²) in [5, 5.41) is 0. The lowest BCUT2D eigenvalue weighted by molar-refractivity contribution is 0.623. The summed E-state index contributed by atoms with van der Waals surface area (Å²) >= 11 is 0. The Bertz CT molecular complexity index is 305. The Morgan fingerprint density at radius 1 is 1.58 bits per heavy atom. The van der Waals surface area contributed by atoms with Gasteiger partial charge in [-0.1, -0.05) is 19.6 Å². The summed E-state index contributed by atoms with van der Waals surface area (Å²) in [5.74, 6) is -0.306. The largest absolute Gasteiger partial charge is 0.399 e. The van der Waals surface area contributed by atoms with Gasteiger partial charge in [-0.15, -0.1) is 0 Å². The standard InChI is InChI=1S/C10H12FN/c1-3-8-4-5-10(11)9(6-8)7(2)12/h4-6H,2-3,12H2,1H3. The molecule has 0 aliphatic rings. The summed E-state index contributed by atoms with van der Waals surface area (Å²) in [6.45, 7) is 5.51. The van der Waals surface area contributed by atoms with Gasteiger partial charge in [-0.3, -0.25) is 0 Å². The molecule has 0 fully saturated rings. The molecule has 0 spiro atoms. The zero-order valence-electron chi connectivity index (χ0n) is 7.10. The number of rotatable bonds is 2. The Balaban J connectivity index is 3.17. The molecule has 12 heavy (non-hydrogen) atoms. The lowest BCUT2D eigenvalue weighted by Gasteiger charge is -2.03. The van der Waals surface area contributed by atoms with Gasteiger partial charge in [0.2, 0.25) is 0 Å². The molecule has 0 atom stereocenters. The molecule has 2 N–H and O–H groups in total. The van der Waals surface area contributed by atoms with Crippen LogP contribution in [0, 0.1) is 5.82 Å². The maximum Gasteiger partial charge on any atom is 0.132 e. The monoisotopic (exact) mass is 165 g/mol. The first-order valence-corrected chi connectivity index (χ1v) is 3.88. The summed E-state index contributed by atoms with van der Waals surface area (Å²) < 4.78 is 13.0. The van der Waals surface area contributed by atoms with Crippen molar-refractivity contribution >= 4 is 5.70 Å². The molecule has 2 heteroatoms. The van der Waals surface area contributed by atoms with Crippen molar-refractivity contribution < 1.29 is 4.39 Å². The van der Waals surface area contributed by atoms with Crippen molar-refractivity contribution in [2.24, 2.45) is 5.73 Å². The van der Waals surface area contributed by atoms with E-state index < -0.39 is 0 Å². The van der Waals surface area contributed by atoms with E-state index in [9.17, 15) is 4.39 Å². The number of aryl methyl sites for hydroxylation is 1. The van der Waals surface area contributed by atoms with Crippen molar-refractivity contribution in [1.29, 1.82) is 0 Å². The fourth-order valence-corrected chi connectivity index (χ4v) is 1.04. The molecule has 0 unspecified atom stereocenters. The van der Waals surface area contributed by atoms with Crippen LogP contribution in [0.15, 0.2) is 24.8 Å². The van der Waals surface area contributed by atoms with Crippen molar-refractivity contribution in [2.45, 2.75) is 13.3 Å². The summed E-state index contributed by atoms with van der Waals surface area (Å²) in [6, 6.07) is 4.91. The molecular weight excluding hydrogens is 153 g/mol. The first-order chi connectivity index (χ1) is 5.65. The van der Waals surface area contributed by atoms with Gasteiger partial charge < -0.3 is 5.73 Å². The summed E-state index contributed by atoms with van der Waals surface area (Å²) in [4.78, 5) is 0. The fourth-order valence-electron chi connectivity index (χ4n) is 1.04. The van der Waals surface area contributed by atoms with E-state index in [4.69, 9.17) is 5.73 Å². The number of halogens is 1. The van der Waals surface area contributed by atoms with Gasteiger partial charge in [0.05, 0.1) is 0 Å². The molecular formula is C10H12FN. The van der Waals surface area contributed by atoms with Crippen molar-refractivity contribution in [3.8, 4) is 0 Å². The highest BCUT2D eigenvalue weighted by Gasteiger charge is 2.03. The predicted octanol–water partition coefficient (Wildman–Crippen LogP) is 2.32. The molecule has 0 bridgehead atoms. The Morgan fingerprint density at radius 3 is 2.75 bits per heavy atom. The van der Waals surface area contributed by atoms with E-state index in [0.717, 1.165) is 12.0 Å². The van der Waals surface area contributed by atoms with E-state index in [-0.39, 0.29) is 11.5 Å². The average Bonchev–Trinajstić information content (AvgIpc) is 2.05. The van der Waals surface area contributed by atoms with E-state index in [2.05, 4.69) is 6.58 Å². The van der Waals surface area contributed by atoms with E-state index in [1.807, 2.05) is 6.92 Å². The fraction of sp³-hybridized carbons (Fsp3) is 0.200. The van der Waals surface area contributed by atoms with Crippen LogP contribution in [0.3, 0.4) is 0 Å². The molecule has 0 amide bonds. The Labute approximate surface area is 71.7 Å². The molecule has 1 aromatic carbocycles. The molecule has 0 saturated heterocycles. The zero-order chi connectivity index (χ0) is 9.14. The SMILES string of the molecule is C=C(N)c1cc(CC)ccc1F. The van der Waals surface area contributed by atoms with Crippen LogP contribution in [0.5, 0.6) is 0 Å². The minimum atomic E-state index is -0.306. The van der Waals surface area contributed by atoms with Crippen molar-refractivity contribution in [1.82, 2.24) is 0 Å². The molecule has 0 saturated carbocycles. The van der Waals surface area contributed by atoms with Gasteiger partial charge in [-0.2, -0.15) is 0 Å². The van der Waals surface area contributed by atoms with Crippen LogP contribution in [-0.4, -0.2) is 0 Å². The Morgan fingerprint density at radius 2 is 2.25 bits per heavy atom. The molecule has 0 radical (unpaired) electrons. The second-order valence-corrected chi connectivity index (χ2v) is 2.69. The van der Waals surface area contributed by atoms with Gasteiger partial charge in [-0.05, 0) is 24.1 Å². The maximum atomic E-state index is 13.0. The molecule has 0 heterocycles. The molecule has 64 valence electrons. The summed E-state index contributed by atoms with van der Waals surface area (Å²) in [6.07, 6.45) is 0.876. The minimum Gasteiger partial charge on any atom is -0.399 e. The van der Waals surface area contributed by atoms with Gasteiger partial charge in [0.15, 0.2) is 0 Å². The number of hydrogen-bond acceptors (Lipinski definition) is 1. The van der Waals surface area contributed by atoms with E-state index in [1.165, 1.54) is 6.07 Å². The molecule has 0 aliphatic carbocycles. The van der Waals surface area contributed by atoms with E-state index in [0.29, 0.717) is 5.56 Å². The highest BCUT2D eigenvalue weighted by atomic mass is 19.1. The smallest absolute Gasteiger partial charge is 0.132 e. The van der Waals surface area contributed by atoms with Crippen molar-refractivity contribution in [3.05, 3.63) is 41.7 Å². The summed E-state index contributed by atoms with van der Waals surface area (Å²) in [7, 11) is 0. The van der Waals surface area contributed by atoms with Crippen molar-refractivity contribution in [2.75, 3.05) is 0 Å². The second-order valence-electron chi connectivity index (χ2n) is 2.69. The van der Waals surface area contributed by atoms with Crippen LogP contribution in [0.4, 0.5) is 4.39 Å². The highest BCUT2D eigenvalue weighted by Crippen LogP contribution is 2.15. The van der Waals surface area contributed by atoms with Crippen LogP contribution in [0.25, 0.3) is 5.70 Å². The molecule has 1 aromatic rings. The highest BCUT2D eigenvalue weighted by molar-refractivity contribution is 5.61. The zero-order valence-corrected chi connectivity index (χ0v) is 7.10. The molecule has 0 aromatic heterocycles. The third-order valence-corrected chi connectivity index (χ3v) is 1.78. The number of hydrogen-bond donors (Lipinski definition) is 1. The van der Waals surface area contributed by atoms with Crippen molar-refractivity contribution in [3.63, 3.8) is 0 Å². The van der Waals surface area contributed by atoms with E-state index in [1.54, 1.807) is 12.1 Å². The quantitative estimate of drug-likeness (QED) is 0.715. The first kappa shape index (κ1) is 8.78.